The van der Waals surface area contributed by atoms with Crippen molar-refractivity contribution in [1.29, 1.82) is 0 Å². The lowest BCUT2D eigenvalue weighted by atomic mass is 9.68. The van der Waals surface area contributed by atoms with Gasteiger partial charge in [-0.2, -0.15) is 0 Å². The average Bonchev–Trinajstić information content (AvgIpc) is 2.34. The second kappa shape index (κ2) is 8.06. The molecule has 0 aromatic carbocycles. The van der Waals surface area contributed by atoms with E-state index in [1.807, 2.05) is 0 Å². The van der Waals surface area contributed by atoms with Crippen molar-refractivity contribution in [3.8, 4) is 0 Å². The standard InChI is InChI=1S/C14H29NO2/c1-13-5-3-6-14(11-13,12-15)7-10-17-9-4-8-16-2/h13H,3-12,15H2,1-2H3. The molecule has 17 heavy (non-hydrogen) atoms. The van der Waals surface area contributed by atoms with Gasteiger partial charge in [-0.1, -0.05) is 19.8 Å². The minimum atomic E-state index is 0.360. The predicted octanol–water partition coefficient (Wildman–Crippen LogP) is 2.58. The first-order valence-corrected chi connectivity index (χ1v) is 6.99. The lowest BCUT2D eigenvalue weighted by Crippen LogP contribution is -2.36. The molecular formula is C14H29NO2. The molecule has 3 heteroatoms. The van der Waals surface area contributed by atoms with Gasteiger partial charge >= 0.3 is 0 Å². The zero-order chi connectivity index (χ0) is 12.6. The Morgan fingerprint density at radius 1 is 1.29 bits per heavy atom. The summed E-state index contributed by atoms with van der Waals surface area (Å²) >= 11 is 0. The van der Waals surface area contributed by atoms with E-state index >= 15 is 0 Å². The van der Waals surface area contributed by atoms with Crippen LogP contribution in [0.3, 0.4) is 0 Å². The summed E-state index contributed by atoms with van der Waals surface area (Å²) < 4.78 is 10.7. The van der Waals surface area contributed by atoms with Crippen molar-refractivity contribution in [3.05, 3.63) is 0 Å². The minimum Gasteiger partial charge on any atom is -0.385 e. The Balaban J connectivity index is 2.17. The van der Waals surface area contributed by atoms with E-state index in [1.54, 1.807) is 7.11 Å². The summed E-state index contributed by atoms with van der Waals surface area (Å²) in [7, 11) is 1.73. The number of hydrogen-bond donors (Lipinski definition) is 1. The highest BCUT2D eigenvalue weighted by molar-refractivity contribution is 4.86. The van der Waals surface area contributed by atoms with E-state index in [4.69, 9.17) is 15.2 Å². The van der Waals surface area contributed by atoms with Gasteiger partial charge in [-0.05, 0) is 43.6 Å². The van der Waals surface area contributed by atoms with E-state index < -0.39 is 0 Å². The van der Waals surface area contributed by atoms with E-state index in [9.17, 15) is 0 Å². The third-order valence-electron chi connectivity index (χ3n) is 4.03. The maximum atomic E-state index is 5.99. The zero-order valence-corrected chi connectivity index (χ0v) is 11.5. The van der Waals surface area contributed by atoms with Crippen molar-refractivity contribution in [2.24, 2.45) is 17.1 Å². The molecule has 0 aromatic heterocycles. The fourth-order valence-electron chi connectivity index (χ4n) is 2.98. The Morgan fingerprint density at radius 2 is 2.12 bits per heavy atom. The molecule has 3 nitrogen and oxygen atoms in total. The molecule has 0 aliphatic heterocycles. The SMILES string of the molecule is COCCCOCCC1(CN)CCCC(C)C1. The van der Waals surface area contributed by atoms with Crippen LogP contribution in [0.25, 0.3) is 0 Å². The first-order chi connectivity index (χ1) is 8.22. The molecule has 0 saturated heterocycles. The lowest BCUT2D eigenvalue weighted by molar-refractivity contribution is 0.0557. The Morgan fingerprint density at radius 3 is 2.76 bits per heavy atom. The van der Waals surface area contributed by atoms with E-state index in [2.05, 4.69) is 6.92 Å². The Bertz CT molecular complexity index is 199. The summed E-state index contributed by atoms with van der Waals surface area (Å²) in [5, 5.41) is 0. The van der Waals surface area contributed by atoms with Gasteiger partial charge in [0.05, 0.1) is 0 Å². The molecule has 0 bridgehead atoms. The van der Waals surface area contributed by atoms with Crippen LogP contribution in [0.1, 0.15) is 45.4 Å². The molecule has 1 rings (SSSR count). The van der Waals surface area contributed by atoms with Gasteiger partial charge in [-0.15, -0.1) is 0 Å². The first-order valence-electron chi connectivity index (χ1n) is 6.99. The lowest BCUT2D eigenvalue weighted by Gasteiger charge is -2.39. The number of ether oxygens (including phenoxy) is 2. The van der Waals surface area contributed by atoms with Crippen molar-refractivity contribution < 1.29 is 9.47 Å². The highest BCUT2D eigenvalue weighted by Gasteiger charge is 2.33. The normalized spacial score (nSPS) is 29.5. The Labute approximate surface area is 106 Å². The highest BCUT2D eigenvalue weighted by atomic mass is 16.5. The van der Waals surface area contributed by atoms with Crippen LogP contribution in [0.4, 0.5) is 0 Å². The molecule has 1 aliphatic rings. The van der Waals surface area contributed by atoms with Crippen LogP contribution in [-0.2, 0) is 9.47 Å². The van der Waals surface area contributed by atoms with Crippen LogP contribution in [0.15, 0.2) is 0 Å². The van der Waals surface area contributed by atoms with Crippen molar-refractivity contribution in [2.45, 2.75) is 45.4 Å². The summed E-state index contributed by atoms with van der Waals surface area (Å²) in [6.07, 6.45) is 7.39. The minimum absolute atomic E-state index is 0.360. The average molecular weight is 243 g/mol. The Kier molecular flexibility index (Phi) is 7.09. The van der Waals surface area contributed by atoms with Crippen molar-refractivity contribution in [1.82, 2.24) is 0 Å². The van der Waals surface area contributed by atoms with Crippen molar-refractivity contribution in [3.63, 3.8) is 0 Å². The summed E-state index contributed by atoms with van der Waals surface area (Å²) in [5.41, 5.74) is 6.35. The van der Waals surface area contributed by atoms with Gasteiger partial charge in [0.25, 0.3) is 0 Å². The van der Waals surface area contributed by atoms with Crippen molar-refractivity contribution in [2.75, 3.05) is 33.5 Å². The molecule has 1 aliphatic carbocycles. The molecular weight excluding hydrogens is 214 g/mol. The van der Waals surface area contributed by atoms with Crippen LogP contribution in [0.5, 0.6) is 0 Å². The van der Waals surface area contributed by atoms with Gasteiger partial charge in [0.2, 0.25) is 0 Å². The molecule has 0 aromatic rings. The summed E-state index contributed by atoms with van der Waals surface area (Å²) in [5.74, 6) is 0.834. The molecule has 0 heterocycles. The van der Waals surface area contributed by atoms with Crippen LogP contribution >= 0.6 is 0 Å². The first kappa shape index (κ1) is 14.9. The molecule has 1 fully saturated rings. The molecule has 2 atom stereocenters. The van der Waals surface area contributed by atoms with E-state index in [0.717, 1.165) is 45.1 Å². The van der Waals surface area contributed by atoms with E-state index in [1.165, 1.54) is 25.7 Å². The molecule has 2 unspecified atom stereocenters. The largest absolute Gasteiger partial charge is 0.385 e. The quantitative estimate of drug-likeness (QED) is 0.666. The van der Waals surface area contributed by atoms with Gasteiger partial charge in [-0.25, -0.2) is 0 Å². The molecule has 1 saturated carbocycles. The summed E-state index contributed by atoms with van der Waals surface area (Å²) in [4.78, 5) is 0. The smallest absolute Gasteiger partial charge is 0.0487 e. The van der Waals surface area contributed by atoms with Gasteiger partial charge in [0.1, 0.15) is 0 Å². The van der Waals surface area contributed by atoms with Gasteiger partial charge < -0.3 is 15.2 Å². The monoisotopic (exact) mass is 243 g/mol. The third kappa shape index (κ3) is 5.36. The van der Waals surface area contributed by atoms with Crippen LogP contribution in [0.2, 0.25) is 0 Å². The number of nitrogens with two attached hydrogens (primary N) is 1. The third-order valence-corrected chi connectivity index (χ3v) is 4.03. The summed E-state index contributed by atoms with van der Waals surface area (Å²) in [6.45, 7) is 5.62. The van der Waals surface area contributed by atoms with Gasteiger partial charge in [0, 0.05) is 26.9 Å². The second-order valence-corrected chi connectivity index (χ2v) is 5.61. The summed E-state index contributed by atoms with van der Waals surface area (Å²) in [6, 6.07) is 0. The number of methoxy groups -OCH3 is 1. The molecule has 0 radical (unpaired) electrons. The second-order valence-electron chi connectivity index (χ2n) is 5.61. The highest BCUT2D eigenvalue weighted by Crippen LogP contribution is 2.41. The Hall–Kier alpha value is -0.120. The van der Waals surface area contributed by atoms with E-state index in [-0.39, 0.29) is 0 Å². The van der Waals surface area contributed by atoms with Gasteiger partial charge in [0.15, 0.2) is 0 Å². The maximum Gasteiger partial charge on any atom is 0.0487 e. The fraction of sp³-hybridized carbons (Fsp3) is 1.00. The van der Waals surface area contributed by atoms with Gasteiger partial charge in [-0.3, -0.25) is 0 Å². The van der Waals surface area contributed by atoms with Crippen LogP contribution in [-0.4, -0.2) is 33.5 Å². The molecule has 2 N–H and O–H groups in total. The molecule has 102 valence electrons. The fourth-order valence-corrected chi connectivity index (χ4v) is 2.98. The van der Waals surface area contributed by atoms with E-state index in [0.29, 0.717) is 5.41 Å². The topological polar surface area (TPSA) is 44.5 Å². The molecule has 0 spiro atoms. The predicted molar refractivity (Wildman–Crippen MR) is 71.0 cm³/mol. The maximum absolute atomic E-state index is 5.99. The molecule has 0 amide bonds. The number of rotatable bonds is 8. The number of hydrogen-bond acceptors (Lipinski definition) is 3. The van der Waals surface area contributed by atoms with Crippen LogP contribution in [0, 0.1) is 11.3 Å². The van der Waals surface area contributed by atoms with Crippen molar-refractivity contribution >= 4 is 0 Å². The zero-order valence-electron chi connectivity index (χ0n) is 11.5. The van der Waals surface area contributed by atoms with Crippen LogP contribution < -0.4 is 5.73 Å².